The van der Waals surface area contributed by atoms with Crippen LogP contribution < -0.4 is 11.1 Å². The lowest BCUT2D eigenvalue weighted by Crippen LogP contribution is -2.30. The average molecular weight is 256 g/mol. The first-order chi connectivity index (χ1) is 7.83. The monoisotopic (exact) mass is 256 g/mol. The summed E-state index contributed by atoms with van der Waals surface area (Å²) in [6.45, 7) is 5.52. The largest absolute Gasteiger partial charge is 0.389 e. The molecule has 0 radical (unpaired) electrons. The van der Waals surface area contributed by atoms with Gasteiger partial charge in [0.15, 0.2) is 10.8 Å². The summed E-state index contributed by atoms with van der Waals surface area (Å²) in [5, 5.41) is 8.37. The minimum atomic E-state index is -0.471. The predicted molar refractivity (Wildman–Crippen MR) is 68.0 cm³/mol. The first-order valence-corrected chi connectivity index (χ1v) is 5.91. The Morgan fingerprint density at radius 3 is 2.65 bits per heavy atom. The van der Waals surface area contributed by atoms with Gasteiger partial charge in [0.2, 0.25) is 0 Å². The number of nitrogens with zero attached hydrogens (tertiary/aromatic N) is 2. The highest BCUT2D eigenvalue weighted by Crippen LogP contribution is 2.14. The van der Waals surface area contributed by atoms with Gasteiger partial charge in [0.25, 0.3) is 5.91 Å². The van der Waals surface area contributed by atoms with Gasteiger partial charge in [-0.25, -0.2) is 4.98 Å². The molecule has 0 aliphatic rings. The summed E-state index contributed by atoms with van der Waals surface area (Å²) in [4.78, 5) is 20.9. The second-order valence-electron chi connectivity index (χ2n) is 4.29. The third-order valence-electron chi connectivity index (χ3n) is 1.62. The molecule has 0 aliphatic carbocycles. The Labute approximate surface area is 104 Å². The van der Waals surface area contributed by atoms with Crippen LogP contribution in [0, 0.1) is 0 Å². The molecule has 0 fully saturated rings. The second-order valence-corrected chi connectivity index (χ2v) is 5.18. The van der Waals surface area contributed by atoms with Crippen molar-refractivity contribution in [2.45, 2.75) is 26.4 Å². The summed E-state index contributed by atoms with van der Waals surface area (Å²) in [6, 6.07) is 0. The van der Waals surface area contributed by atoms with Gasteiger partial charge in [-0.2, -0.15) is 0 Å². The van der Waals surface area contributed by atoms with E-state index in [4.69, 9.17) is 10.6 Å². The van der Waals surface area contributed by atoms with Gasteiger partial charge in [-0.3, -0.25) is 4.79 Å². The third kappa shape index (κ3) is 4.03. The molecule has 0 spiro atoms. The van der Waals surface area contributed by atoms with E-state index < -0.39 is 5.60 Å². The van der Waals surface area contributed by atoms with Crippen molar-refractivity contribution in [3.8, 4) is 0 Å². The topological polar surface area (TPSA) is 89.6 Å². The van der Waals surface area contributed by atoms with Gasteiger partial charge in [0.05, 0.1) is 0 Å². The van der Waals surface area contributed by atoms with Crippen LogP contribution in [0.15, 0.2) is 10.5 Å². The smallest absolute Gasteiger partial charge is 0.275 e. The number of carbonyl (C=O) groups is 1. The minimum absolute atomic E-state index is 0.121. The number of oxime groups is 1. The predicted octanol–water partition coefficient (Wildman–Crippen LogP) is 0.990. The first kappa shape index (κ1) is 13.4. The van der Waals surface area contributed by atoms with Gasteiger partial charge in [-0.05, 0) is 20.8 Å². The number of amides is 1. The first-order valence-electron chi connectivity index (χ1n) is 5.03. The molecule has 0 aliphatic heterocycles. The van der Waals surface area contributed by atoms with E-state index in [1.165, 1.54) is 18.4 Å². The molecule has 0 bridgehead atoms. The van der Waals surface area contributed by atoms with Crippen LogP contribution in [0.3, 0.4) is 0 Å². The van der Waals surface area contributed by atoms with Crippen LogP contribution in [0.1, 0.15) is 26.5 Å². The molecule has 17 heavy (non-hydrogen) atoms. The minimum Gasteiger partial charge on any atom is -0.389 e. The van der Waals surface area contributed by atoms with E-state index >= 15 is 0 Å². The standard InChI is InChI=1S/C10H16N4O2S/c1-10(2,3)16-14-7(8(15)12-4)6-5-17-9(11)13-6/h5H,1-4H3,(H2,11,13)(H,12,15)/b14-7+. The fourth-order valence-corrected chi connectivity index (χ4v) is 1.45. The van der Waals surface area contributed by atoms with E-state index in [1.54, 1.807) is 5.38 Å². The molecule has 1 heterocycles. The Morgan fingerprint density at radius 1 is 1.59 bits per heavy atom. The molecule has 1 amide bonds. The summed E-state index contributed by atoms with van der Waals surface area (Å²) in [7, 11) is 1.52. The molecular formula is C10H16N4O2S. The molecule has 7 heteroatoms. The maximum absolute atomic E-state index is 11.6. The Morgan fingerprint density at radius 2 is 2.24 bits per heavy atom. The number of aromatic nitrogens is 1. The molecule has 1 rings (SSSR count). The van der Waals surface area contributed by atoms with Crippen LogP contribution in [-0.4, -0.2) is 29.3 Å². The van der Waals surface area contributed by atoms with E-state index in [0.29, 0.717) is 10.8 Å². The molecule has 6 nitrogen and oxygen atoms in total. The van der Waals surface area contributed by atoms with Gasteiger partial charge in [-0.1, -0.05) is 5.16 Å². The lowest BCUT2D eigenvalue weighted by molar-refractivity contribution is -0.114. The quantitative estimate of drug-likeness (QED) is 0.623. The molecule has 0 saturated heterocycles. The van der Waals surface area contributed by atoms with Crippen LogP contribution >= 0.6 is 11.3 Å². The van der Waals surface area contributed by atoms with E-state index in [1.807, 2.05) is 20.8 Å². The lowest BCUT2D eigenvalue weighted by atomic mass is 10.2. The fourth-order valence-electron chi connectivity index (χ4n) is 0.902. The number of likely N-dealkylation sites (N-methyl/N-ethyl adjacent to an activating group) is 1. The van der Waals surface area contributed by atoms with Crippen molar-refractivity contribution in [1.82, 2.24) is 10.3 Å². The Hall–Kier alpha value is -1.63. The number of nitrogens with one attached hydrogen (secondary N) is 1. The van der Waals surface area contributed by atoms with Crippen molar-refractivity contribution >= 4 is 28.1 Å². The highest BCUT2D eigenvalue weighted by atomic mass is 32.1. The van der Waals surface area contributed by atoms with Crippen LogP contribution in [-0.2, 0) is 9.63 Å². The maximum Gasteiger partial charge on any atom is 0.275 e. The lowest BCUT2D eigenvalue weighted by Gasteiger charge is -2.16. The second kappa shape index (κ2) is 5.13. The van der Waals surface area contributed by atoms with E-state index in [-0.39, 0.29) is 11.6 Å². The van der Waals surface area contributed by atoms with Gasteiger partial charge < -0.3 is 15.9 Å². The molecule has 0 saturated carbocycles. The maximum atomic E-state index is 11.6. The molecule has 1 aromatic heterocycles. The van der Waals surface area contributed by atoms with Gasteiger partial charge >= 0.3 is 0 Å². The SMILES string of the molecule is CNC(=O)/C(=N/OC(C)(C)C)c1csc(N)n1. The molecule has 3 N–H and O–H groups in total. The summed E-state index contributed by atoms with van der Waals surface area (Å²) in [5.41, 5.74) is 5.58. The fraction of sp³-hybridized carbons (Fsp3) is 0.500. The van der Waals surface area contributed by atoms with Crippen LogP contribution in [0.2, 0.25) is 0 Å². The number of nitrogens with two attached hydrogens (primary N) is 1. The number of carbonyl (C=O) groups excluding carboxylic acids is 1. The zero-order chi connectivity index (χ0) is 13.1. The molecule has 94 valence electrons. The van der Waals surface area contributed by atoms with Crippen molar-refractivity contribution in [3.05, 3.63) is 11.1 Å². The molecule has 0 unspecified atom stereocenters. The number of anilines is 1. The molecule has 0 aromatic carbocycles. The average Bonchev–Trinajstić information content (AvgIpc) is 2.63. The number of thiazole rings is 1. The zero-order valence-electron chi connectivity index (χ0n) is 10.3. The highest BCUT2D eigenvalue weighted by Gasteiger charge is 2.19. The highest BCUT2D eigenvalue weighted by molar-refractivity contribution is 7.13. The van der Waals surface area contributed by atoms with Crippen molar-refractivity contribution < 1.29 is 9.63 Å². The summed E-state index contributed by atoms with van der Waals surface area (Å²) in [5.74, 6) is -0.362. The van der Waals surface area contributed by atoms with Crippen molar-refractivity contribution in [1.29, 1.82) is 0 Å². The third-order valence-corrected chi connectivity index (χ3v) is 2.29. The van der Waals surface area contributed by atoms with Crippen LogP contribution in [0.25, 0.3) is 0 Å². The Kier molecular flexibility index (Phi) is 4.06. The summed E-state index contributed by atoms with van der Waals surface area (Å²) < 4.78 is 0. The summed E-state index contributed by atoms with van der Waals surface area (Å²) >= 11 is 1.24. The summed E-state index contributed by atoms with van der Waals surface area (Å²) in [6.07, 6.45) is 0. The Bertz CT molecular complexity index is 434. The normalized spacial score (nSPS) is 12.4. The molecule has 0 atom stereocenters. The number of nitrogen functional groups attached to an aromatic ring is 1. The van der Waals surface area contributed by atoms with Crippen molar-refractivity contribution in [3.63, 3.8) is 0 Å². The van der Waals surface area contributed by atoms with Crippen LogP contribution in [0.5, 0.6) is 0 Å². The van der Waals surface area contributed by atoms with Gasteiger partial charge in [0, 0.05) is 12.4 Å². The van der Waals surface area contributed by atoms with E-state index in [0.717, 1.165) is 0 Å². The molecule has 1 aromatic rings. The zero-order valence-corrected chi connectivity index (χ0v) is 11.1. The number of hydrogen-bond acceptors (Lipinski definition) is 6. The van der Waals surface area contributed by atoms with E-state index in [2.05, 4.69) is 15.5 Å². The Balaban J connectivity index is 3.00. The number of hydrogen-bond donors (Lipinski definition) is 2. The van der Waals surface area contributed by atoms with E-state index in [9.17, 15) is 4.79 Å². The number of rotatable bonds is 3. The van der Waals surface area contributed by atoms with Gasteiger partial charge in [0.1, 0.15) is 11.3 Å². The van der Waals surface area contributed by atoms with Crippen LogP contribution in [0.4, 0.5) is 5.13 Å². The van der Waals surface area contributed by atoms with Crippen molar-refractivity contribution in [2.24, 2.45) is 5.16 Å². The van der Waals surface area contributed by atoms with Crippen molar-refractivity contribution in [2.75, 3.05) is 12.8 Å². The molecular weight excluding hydrogens is 240 g/mol. The van der Waals surface area contributed by atoms with Gasteiger partial charge in [-0.15, -0.1) is 11.3 Å².